The van der Waals surface area contributed by atoms with E-state index in [-0.39, 0.29) is 0 Å². The van der Waals surface area contributed by atoms with Crippen LogP contribution in [0.15, 0.2) is 34.3 Å². The first-order valence-electron chi connectivity index (χ1n) is 4.50. The van der Waals surface area contributed by atoms with Gasteiger partial charge in [0.2, 0.25) is 0 Å². The average Bonchev–Trinajstić information content (AvgIpc) is 2.20. The predicted octanol–water partition coefficient (Wildman–Crippen LogP) is 3.63. The van der Waals surface area contributed by atoms with Gasteiger partial charge in [-0.15, -0.1) is 0 Å². The van der Waals surface area contributed by atoms with Crippen LogP contribution in [0.5, 0.6) is 5.75 Å². The van der Waals surface area contributed by atoms with Crippen LogP contribution in [0.4, 0.5) is 0 Å². The Balaban J connectivity index is 2.85. The van der Waals surface area contributed by atoms with Gasteiger partial charge in [-0.25, -0.2) is 0 Å². The van der Waals surface area contributed by atoms with Crippen molar-refractivity contribution in [3.05, 3.63) is 39.8 Å². The van der Waals surface area contributed by atoms with Gasteiger partial charge in [-0.1, -0.05) is 27.5 Å². The number of aliphatic hydroxyl groups is 1. The second-order valence-electron chi connectivity index (χ2n) is 3.03. The molecule has 0 aliphatic heterocycles. The highest BCUT2D eigenvalue weighted by atomic mass is 79.9. The summed E-state index contributed by atoms with van der Waals surface area (Å²) >= 11 is 8.72. The summed E-state index contributed by atoms with van der Waals surface area (Å²) in [7, 11) is 0. The number of ether oxygens (including phenoxy) is 1. The highest BCUT2D eigenvalue weighted by Gasteiger charge is 2.09. The van der Waals surface area contributed by atoms with E-state index >= 15 is 0 Å². The molecule has 4 heteroatoms. The van der Waals surface area contributed by atoms with Crippen molar-refractivity contribution < 1.29 is 9.84 Å². The van der Waals surface area contributed by atoms with E-state index < -0.39 is 6.10 Å². The lowest BCUT2D eigenvalue weighted by Gasteiger charge is -2.12. The van der Waals surface area contributed by atoms with Crippen LogP contribution in [0.1, 0.15) is 18.6 Å². The Kier molecular flexibility index (Phi) is 5.15. The molecule has 0 spiro atoms. The van der Waals surface area contributed by atoms with Crippen LogP contribution in [0, 0.1) is 0 Å². The van der Waals surface area contributed by atoms with Crippen molar-refractivity contribution in [1.29, 1.82) is 0 Å². The lowest BCUT2D eigenvalue weighted by atomic mass is 10.1. The molecule has 0 fully saturated rings. The van der Waals surface area contributed by atoms with Crippen LogP contribution in [-0.2, 0) is 0 Å². The summed E-state index contributed by atoms with van der Waals surface area (Å²) in [5.41, 5.74) is 2.16. The fraction of sp³-hybridized carbons (Fsp3) is 0.273. The smallest absolute Gasteiger partial charge is 0.125 e. The highest BCUT2D eigenvalue weighted by Crippen LogP contribution is 2.28. The normalized spacial score (nSPS) is 13.1. The van der Waals surface area contributed by atoms with Crippen molar-refractivity contribution >= 4 is 27.5 Å². The molecule has 0 amide bonds. The molecule has 1 rings (SSSR count). The number of rotatable bonds is 4. The molecule has 1 aromatic rings. The number of hydrogen-bond acceptors (Lipinski definition) is 2. The number of hydrogen-bond donors (Lipinski definition) is 1. The molecule has 0 aliphatic carbocycles. The predicted molar refractivity (Wildman–Crippen MR) is 65.3 cm³/mol. The quantitative estimate of drug-likeness (QED) is 0.918. The molecule has 0 saturated heterocycles. The SMILES string of the molecule is CC(O)c1cc(Br)ccc1OCC=CCl. The summed E-state index contributed by atoms with van der Waals surface area (Å²) in [6.07, 6.45) is 1.13. The molecule has 0 radical (unpaired) electrons. The number of benzene rings is 1. The fourth-order valence-corrected chi connectivity index (χ4v) is 1.60. The molecule has 2 nitrogen and oxygen atoms in total. The molecular formula is C11H12BrClO2. The van der Waals surface area contributed by atoms with Gasteiger partial charge in [0.15, 0.2) is 0 Å². The zero-order valence-electron chi connectivity index (χ0n) is 8.28. The first-order valence-corrected chi connectivity index (χ1v) is 5.73. The van der Waals surface area contributed by atoms with Crippen molar-refractivity contribution in [3.8, 4) is 5.75 Å². The molecule has 15 heavy (non-hydrogen) atoms. The van der Waals surface area contributed by atoms with Crippen LogP contribution in [0.3, 0.4) is 0 Å². The molecule has 0 bridgehead atoms. The van der Waals surface area contributed by atoms with E-state index in [1.54, 1.807) is 13.0 Å². The summed E-state index contributed by atoms with van der Waals surface area (Å²) in [5.74, 6) is 0.669. The molecule has 1 N–H and O–H groups in total. The van der Waals surface area contributed by atoms with Gasteiger partial charge in [-0.3, -0.25) is 0 Å². The Morgan fingerprint density at radius 1 is 1.60 bits per heavy atom. The van der Waals surface area contributed by atoms with E-state index in [1.165, 1.54) is 5.54 Å². The molecule has 0 aliphatic rings. The monoisotopic (exact) mass is 290 g/mol. The molecule has 1 atom stereocenters. The van der Waals surface area contributed by atoms with E-state index in [4.69, 9.17) is 16.3 Å². The van der Waals surface area contributed by atoms with Gasteiger partial charge >= 0.3 is 0 Å². The Hall–Kier alpha value is -0.510. The van der Waals surface area contributed by atoms with Crippen molar-refractivity contribution in [3.63, 3.8) is 0 Å². The van der Waals surface area contributed by atoms with Crippen molar-refractivity contribution in [2.24, 2.45) is 0 Å². The molecular weight excluding hydrogens is 279 g/mol. The second-order valence-corrected chi connectivity index (χ2v) is 4.20. The third kappa shape index (κ3) is 3.86. The molecule has 1 aromatic carbocycles. The number of aliphatic hydroxyl groups excluding tert-OH is 1. The summed E-state index contributed by atoms with van der Waals surface area (Å²) in [6, 6.07) is 5.52. The lowest BCUT2D eigenvalue weighted by Crippen LogP contribution is -2.00. The van der Waals surface area contributed by atoms with Gasteiger partial charge < -0.3 is 9.84 Å². The van der Waals surface area contributed by atoms with Gasteiger partial charge in [0.25, 0.3) is 0 Å². The standard InChI is InChI=1S/C11H12BrClO2/c1-8(14)10-7-9(12)3-4-11(10)15-6-2-5-13/h2-5,7-8,14H,6H2,1H3. The molecule has 1 unspecified atom stereocenters. The Labute approximate surface area is 103 Å². The van der Waals surface area contributed by atoms with Crippen LogP contribution in [0.25, 0.3) is 0 Å². The van der Waals surface area contributed by atoms with Crippen molar-refractivity contribution in [2.75, 3.05) is 6.61 Å². The minimum Gasteiger partial charge on any atom is -0.489 e. The zero-order valence-corrected chi connectivity index (χ0v) is 10.6. The average molecular weight is 292 g/mol. The highest BCUT2D eigenvalue weighted by molar-refractivity contribution is 9.10. The topological polar surface area (TPSA) is 29.5 Å². The fourth-order valence-electron chi connectivity index (χ4n) is 1.15. The summed E-state index contributed by atoms with van der Waals surface area (Å²) in [5, 5.41) is 9.54. The molecule has 0 aromatic heterocycles. The number of halogens is 2. The van der Waals surface area contributed by atoms with Gasteiger partial charge in [-0.05, 0) is 31.2 Å². The summed E-state index contributed by atoms with van der Waals surface area (Å²) < 4.78 is 6.36. The van der Waals surface area contributed by atoms with Crippen molar-refractivity contribution in [1.82, 2.24) is 0 Å². The molecule has 0 heterocycles. The van der Waals surface area contributed by atoms with Crippen LogP contribution < -0.4 is 4.74 Å². The minimum atomic E-state index is -0.558. The van der Waals surface area contributed by atoms with E-state index in [9.17, 15) is 5.11 Å². The van der Waals surface area contributed by atoms with Crippen LogP contribution in [0.2, 0.25) is 0 Å². The van der Waals surface area contributed by atoms with Gasteiger partial charge in [0.05, 0.1) is 6.10 Å². The maximum Gasteiger partial charge on any atom is 0.125 e. The second kappa shape index (κ2) is 6.16. The summed E-state index contributed by atoms with van der Waals surface area (Å²) in [6.45, 7) is 2.09. The zero-order chi connectivity index (χ0) is 11.3. The van der Waals surface area contributed by atoms with E-state index in [2.05, 4.69) is 15.9 Å². The molecule has 0 saturated carbocycles. The maximum absolute atomic E-state index is 9.54. The Bertz CT molecular complexity index is 350. The molecule has 82 valence electrons. The van der Waals surface area contributed by atoms with E-state index in [0.29, 0.717) is 12.4 Å². The third-order valence-electron chi connectivity index (χ3n) is 1.85. The first-order chi connectivity index (χ1) is 7.15. The lowest BCUT2D eigenvalue weighted by molar-refractivity contribution is 0.193. The van der Waals surface area contributed by atoms with Gasteiger partial charge in [0, 0.05) is 15.6 Å². The largest absolute Gasteiger partial charge is 0.489 e. The van der Waals surface area contributed by atoms with Gasteiger partial charge in [-0.2, -0.15) is 0 Å². The minimum absolute atomic E-state index is 0.394. The Morgan fingerprint density at radius 2 is 2.33 bits per heavy atom. The van der Waals surface area contributed by atoms with Crippen LogP contribution in [-0.4, -0.2) is 11.7 Å². The third-order valence-corrected chi connectivity index (χ3v) is 2.52. The maximum atomic E-state index is 9.54. The first kappa shape index (κ1) is 12.6. The van der Waals surface area contributed by atoms with E-state index in [1.807, 2.05) is 18.2 Å². The Morgan fingerprint density at radius 3 is 2.93 bits per heavy atom. The van der Waals surface area contributed by atoms with Crippen molar-refractivity contribution in [2.45, 2.75) is 13.0 Å². The summed E-state index contributed by atoms with van der Waals surface area (Å²) in [4.78, 5) is 0. The van der Waals surface area contributed by atoms with E-state index in [0.717, 1.165) is 10.0 Å². The van der Waals surface area contributed by atoms with Gasteiger partial charge in [0.1, 0.15) is 12.4 Å². The van der Waals surface area contributed by atoms with Crippen LogP contribution >= 0.6 is 27.5 Å².